The summed E-state index contributed by atoms with van der Waals surface area (Å²) in [6.45, 7) is 7.26. The number of hydrogen-bond donors (Lipinski definition) is 4. The second kappa shape index (κ2) is 13.4. The van der Waals surface area contributed by atoms with Gasteiger partial charge in [0.25, 0.3) is 0 Å². The van der Waals surface area contributed by atoms with E-state index >= 15 is 0 Å². The van der Waals surface area contributed by atoms with Gasteiger partial charge in [-0.1, -0.05) is 66.4 Å². The molecule has 0 spiro atoms. The number of rotatable bonds is 10. The molecule has 168 valence electrons. The quantitative estimate of drug-likeness (QED) is 0.310. The van der Waals surface area contributed by atoms with Crippen molar-refractivity contribution < 1.29 is 25.2 Å². The van der Waals surface area contributed by atoms with Crippen LogP contribution in [0.15, 0.2) is 58.7 Å². The molecule has 5 heteroatoms. The van der Waals surface area contributed by atoms with Crippen molar-refractivity contribution in [2.75, 3.05) is 0 Å². The van der Waals surface area contributed by atoms with Gasteiger partial charge in [-0.05, 0) is 52.5 Å². The average Bonchev–Trinajstić information content (AvgIpc) is 2.65. The van der Waals surface area contributed by atoms with Gasteiger partial charge in [0.15, 0.2) is 0 Å². The van der Waals surface area contributed by atoms with Gasteiger partial charge in [-0.3, -0.25) is 0 Å². The molecule has 1 fully saturated rings. The standard InChI is InChI=1S/C25H38O5/c1-17(9-8-10-18(2)15-23(27)24(28)16-20(4)26)13-19(3)14-22(25(29)30)21-11-6-5-7-12-21/h8-10,13-15,20-21,23-24,26-28H,5-7,11-12,16H2,1-4H3,(H,29,30)/t20-,23-,24-/m0/s1. The smallest absolute Gasteiger partial charge is 0.331 e. The Kier molecular flexibility index (Phi) is 11.6. The van der Waals surface area contributed by atoms with Crippen molar-refractivity contribution in [1.29, 1.82) is 0 Å². The Labute approximate surface area is 180 Å². The largest absolute Gasteiger partial charge is 0.478 e. The molecule has 0 bridgehead atoms. The first-order valence-corrected chi connectivity index (χ1v) is 10.8. The highest BCUT2D eigenvalue weighted by molar-refractivity contribution is 5.87. The summed E-state index contributed by atoms with van der Waals surface area (Å²) >= 11 is 0. The zero-order chi connectivity index (χ0) is 22.7. The van der Waals surface area contributed by atoms with Crippen LogP contribution in [0.1, 0.15) is 66.2 Å². The second-order valence-corrected chi connectivity index (χ2v) is 8.45. The second-order valence-electron chi connectivity index (χ2n) is 8.45. The topological polar surface area (TPSA) is 98.0 Å². The number of hydrogen-bond acceptors (Lipinski definition) is 4. The monoisotopic (exact) mass is 418 g/mol. The molecule has 0 aromatic rings. The Morgan fingerprint density at radius 2 is 1.60 bits per heavy atom. The van der Waals surface area contributed by atoms with Gasteiger partial charge in [0.1, 0.15) is 0 Å². The van der Waals surface area contributed by atoms with E-state index in [1.165, 1.54) is 6.42 Å². The number of carboxylic acids is 1. The minimum atomic E-state index is -1.03. The molecule has 1 aliphatic carbocycles. The molecule has 4 N–H and O–H groups in total. The highest BCUT2D eigenvalue weighted by Crippen LogP contribution is 2.30. The van der Waals surface area contributed by atoms with Gasteiger partial charge < -0.3 is 20.4 Å². The van der Waals surface area contributed by atoms with Crippen molar-refractivity contribution in [2.24, 2.45) is 5.92 Å². The Hall–Kier alpha value is -1.95. The van der Waals surface area contributed by atoms with Gasteiger partial charge in [-0.25, -0.2) is 4.79 Å². The van der Waals surface area contributed by atoms with Gasteiger partial charge in [-0.15, -0.1) is 0 Å². The highest BCUT2D eigenvalue weighted by atomic mass is 16.4. The first-order chi connectivity index (χ1) is 14.1. The normalized spacial score (nSPS) is 21.0. The third-order valence-electron chi connectivity index (χ3n) is 5.26. The van der Waals surface area contributed by atoms with Crippen LogP contribution >= 0.6 is 0 Å². The number of aliphatic carboxylic acids is 1. The van der Waals surface area contributed by atoms with E-state index in [2.05, 4.69) is 0 Å². The van der Waals surface area contributed by atoms with Crippen LogP contribution < -0.4 is 0 Å². The molecule has 30 heavy (non-hydrogen) atoms. The Morgan fingerprint density at radius 3 is 2.17 bits per heavy atom. The molecule has 1 saturated carbocycles. The highest BCUT2D eigenvalue weighted by Gasteiger charge is 2.22. The molecule has 1 rings (SSSR count). The van der Waals surface area contributed by atoms with Crippen LogP contribution in [0.4, 0.5) is 0 Å². The molecular weight excluding hydrogens is 380 g/mol. The Balaban J connectivity index is 2.78. The summed E-state index contributed by atoms with van der Waals surface area (Å²) in [5.41, 5.74) is 3.19. The molecular formula is C25H38O5. The van der Waals surface area contributed by atoms with E-state index in [1.54, 1.807) is 19.1 Å². The van der Waals surface area contributed by atoms with Crippen molar-refractivity contribution in [2.45, 2.75) is 84.5 Å². The molecule has 0 aromatic carbocycles. The maximum absolute atomic E-state index is 11.7. The molecule has 0 unspecified atom stereocenters. The molecule has 0 radical (unpaired) electrons. The van der Waals surface area contributed by atoms with E-state index in [4.69, 9.17) is 0 Å². The lowest BCUT2D eigenvalue weighted by atomic mass is 9.83. The minimum absolute atomic E-state index is 0.116. The lowest BCUT2D eigenvalue weighted by Gasteiger charge is -2.22. The third kappa shape index (κ3) is 10.2. The average molecular weight is 419 g/mol. The molecule has 0 amide bonds. The van der Waals surface area contributed by atoms with E-state index in [0.717, 1.165) is 42.4 Å². The first-order valence-electron chi connectivity index (χ1n) is 10.8. The number of allylic oxidation sites excluding steroid dienone is 8. The molecule has 5 nitrogen and oxygen atoms in total. The van der Waals surface area contributed by atoms with Crippen molar-refractivity contribution in [3.8, 4) is 0 Å². The minimum Gasteiger partial charge on any atom is -0.478 e. The number of aliphatic hydroxyl groups excluding tert-OH is 3. The fourth-order valence-electron chi connectivity index (χ4n) is 3.74. The molecule has 0 aromatic heterocycles. The zero-order valence-electron chi connectivity index (χ0n) is 18.7. The maximum atomic E-state index is 11.7. The Morgan fingerprint density at radius 1 is 0.967 bits per heavy atom. The molecule has 1 aliphatic rings. The summed E-state index contributed by atoms with van der Waals surface area (Å²) in [5.74, 6) is -0.680. The number of aliphatic hydroxyl groups is 3. The summed E-state index contributed by atoms with van der Waals surface area (Å²) in [6, 6.07) is 0. The molecule has 0 saturated heterocycles. The fourth-order valence-corrected chi connectivity index (χ4v) is 3.74. The number of carbonyl (C=O) groups is 1. The van der Waals surface area contributed by atoms with Crippen molar-refractivity contribution >= 4 is 5.97 Å². The van der Waals surface area contributed by atoms with Crippen LogP contribution in [-0.2, 0) is 4.79 Å². The van der Waals surface area contributed by atoms with Crippen LogP contribution in [0, 0.1) is 5.92 Å². The first kappa shape index (κ1) is 26.1. The Bertz CT molecular complexity index is 703. The van der Waals surface area contributed by atoms with Crippen molar-refractivity contribution in [3.63, 3.8) is 0 Å². The van der Waals surface area contributed by atoms with E-state index < -0.39 is 24.3 Å². The lowest BCUT2D eigenvalue weighted by molar-refractivity contribution is -0.133. The van der Waals surface area contributed by atoms with Crippen molar-refractivity contribution in [1.82, 2.24) is 0 Å². The molecule has 3 atom stereocenters. The van der Waals surface area contributed by atoms with Crippen LogP contribution in [0.2, 0.25) is 0 Å². The van der Waals surface area contributed by atoms with Gasteiger partial charge in [0.05, 0.1) is 18.3 Å². The lowest BCUT2D eigenvalue weighted by Crippen LogP contribution is -2.27. The summed E-state index contributed by atoms with van der Waals surface area (Å²) in [5, 5.41) is 38.6. The van der Waals surface area contributed by atoms with Crippen LogP contribution in [-0.4, -0.2) is 44.7 Å². The van der Waals surface area contributed by atoms with Crippen molar-refractivity contribution in [3.05, 3.63) is 58.7 Å². The van der Waals surface area contributed by atoms with E-state index in [1.807, 2.05) is 45.1 Å². The predicted octanol–water partition coefficient (Wildman–Crippen LogP) is 4.47. The maximum Gasteiger partial charge on any atom is 0.331 e. The van der Waals surface area contributed by atoms with E-state index in [0.29, 0.717) is 5.57 Å². The summed E-state index contributed by atoms with van der Waals surface area (Å²) in [4.78, 5) is 11.7. The van der Waals surface area contributed by atoms with Crippen LogP contribution in [0.3, 0.4) is 0 Å². The van der Waals surface area contributed by atoms with Gasteiger partial charge >= 0.3 is 5.97 Å². The number of carboxylic acid groups (broad SMARTS) is 1. The third-order valence-corrected chi connectivity index (χ3v) is 5.26. The summed E-state index contributed by atoms with van der Waals surface area (Å²) < 4.78 is 0. The van der Waals surface area contributed by atoms with Gasteiger partial charge in [-0.2, -0.15) is 0 Å². The van der Waals surface area contributed by atoms with E-state index in [9.17, 15) is 25.2 Å². The fraction of sp³-hybridized carbons (Fsp3) is 0.560. The molecule has 0 aliphatic heterocycles. The SMILES string of the molecule is CC(=CC=CC(C)=C[C@H](O)[C@@H](O)C[C@H](C)O)C=C(C)C=C(C(=O)O)C1CCCCC1. The summed E-state index contributed by atoms with van der Waals surface area (Å²) in [6.07, 6.45) is 13.6. The van der Waals surface area contributed by atoms with Crippen LogP contribution in [0.5, 0.6) is 0 Å². The zero-order valence-corrected chi connectivity index (χ0v) is 18.7. The van der Waals surface area contributed by atoms with E-state index in [-0.39, 0.29) is 12.3 Å². The van der Waals surface area contributed by atoms with Gasteiger partial charge in [0, 0.05) is 12.0 Å². The predicted molar refractivity (Wildman–Crippen MR) is 121 cm³/mol. The summed E-state index contributed by atoms with van der Waals surface area (Å²) in [7, 11) is 0. The molecule has 0 heterocycles. The van der Waals surface area contributed by atoms with Crippen LogP contribution in [0.25, 0.3) is 0 Å². The van der Waals surface area contributed by atoms with Gasteiger partial charge in [0.2, 0.25) is 0 Å².